The lowest BCUT2D eigenvalue weighted by molar-refractivity contribution is -0.146. The minimum absolute atomic E-state index is 0.0968. The molecular formula is C10H15NO4. The van der Waals surface area contributed by atoms with Gasteiger partial charge in [-0.3, -0.25) is 4.79 Å². The van der Waals surface area contributed by atoms with Gasteiger partial charge in [0, 0.05) is 19.0 Å². The Hall–Kier alpha value is -1.36. The number of allylic oxidation sites excluding steroid dienone is 1. The maximum Gasteiger partial charge on any atom is 0.326 e. The number of β-amino-alcohol motifs (C(OH)–C–C–N with tert-alkyl or cyclic N) is 1. The van der Waals surface area contributed by atoms with Crippen LogP contribution in [0.2, 0.25) is 0 Å². The van der Waals surface area contributed by atoms with Gasteiger partial charge in [0.05, 0.1) is 6.10 Å². The Morgan fingerprint density at radius 3 is 2.47 bits per heavy atom. The van der Waals surface area contributed by atoms with Gasteiger partial charge >= 0.3 is 5.97 Å². The van der Waals surface area contributed by atoms with Crippen molar-refractivity contribution in [2.24, 2.45) is 0 Å². The lowest BCUT2D eigenvalue weighted by Gasteiger charge is -2.19. The van der Waals surface area contributed by atoms with Crippen molar-refractivity contribution in [2.45, 2.75) is 32.4 Å². The summed E-state index contributed by atoms with van der Waals surface area (Å²) in [7, 11) is 0. The molecule has 1 rings (SSSR count). The van der Waals surface area contributed by atoms with Crippen molar-refractivity contribution < 1.29 is 19.8 Å². The van der Waals surface area contributed by atoms with E-state index < -0.39 is 18.1 Å². The largest absolute Gasteiger partial charge is 0.480 e. The van der Waals surface area contributed by atoms with Crippen LogP contribution in [-0.2, 0) is 9.59 Å². The number of hydrogen-bond acceptors (Lipinski definition) is 3. The Balaban J connectivity index is 2.80. The van der Waals surface area contributed by atoms with Crippen molar-refractivity contribution in [3.05, 3.63) is 11.6 Å². The fraction of sp³-hybridized carbons (Fsp3) is 0.600. The fourth-order valence-electron chi connectivity index (χ4n) is 1.62. The molecule has 0 aromatic carbocycles. The van der Waals surface area contributed by atoms with Crippen molar-refractivity contribution in [3.8, 4) is 0 Å². The molecule has 1 aliphatic rings. The Labute approximate surface area is 88.0 Å². The third-order valence-electron chi connectivity index (χ3n) is 2.26. The van der Waals surface area contributed by atoms with E-state index in [-0.39, 0.29) is 18.9 Å². The first-order valence-corrected chi connectivity index (χ1v) is 4.78. The first kappa shape index (κ1) is 11.7. The summed E-state index contributed by atoms with van der Waals surface area (Å²) in [4.78, 5) is 23.6. The van der Waals surface area contributed by atoms with Crippen LogP contribution in [0.4, 0.5) is 0 Å². The van der Waals surface area contributed by atoms with Crippen LogP contribution in [-0.4, -0.2) is 45.7 Å². The molecule has 1 amide bonds. The number of amides is 1. The second-order valence-electron chi connectivity index (χ2n) is 3.96. The minimum atomic E-state index is -1.07. The van der Waals surface area contributed by atoms with Crippen LogP contribution in [0.25, 0.3) is 0 Å². The number of aliphatic hydroxyl groups is 1. The highest BCUT2D eigenvalue weighted by molar-refractivity contribution is 5.92. The molecule has 1 saturated heterocycles. The van der Waals surface area contributed by atoms with Gasteiger partial charge in [-0.05, 0) is 13.8 Å². The lowest BCUT2D eigenvalue weighted by atomic mass is 10.2. The zero-order chi connectivity index (χ0) is 11.6. The number of hydrogen-bond donors (Lipinski definition) is 2. The summed E-state index contributed by atoms with van der Waals surface area (Å²) in [5, 5.41) is 18.2. The molecule has 0 aliphatic carbocycles. The van der Waals surface area contributed by atoms with E-state index in [4.69, 9.17) is 5.11 Å². The van der Waals surface area contributed by atoms with E-state index in [0.29, 0.717) is 0 Å². The first-order valence-electron chi connectivity index (χ1n) is 4.78. The molecule has 84 valence electrons. The molecule has 0 aromatic heterocycles. The van der Waals surface area contributed by atoms with Gasteiger partial charge in [0.2, 0.25) is 5.91 Å². The van der Waals surface area contributed by atoms with E-state index in [1.165, 1.54) is 11.0 Å². The number of aliphatic carboxylic acids is 1. The van der Waals surface area contributed by atoms with Crippen molar-refractivity contribution in [1.82, 2.24) is 4.90 Å². The molecule has 0 bridgehead atoms. The van der Waals surface area contributed by atoms with E-state index in [1.54, 1.807) is 13.8 Å². The normalized spacial score (nSPS) is 25.1. The van der Waals surface area contributed by atoms with E-state index in [0.717, 1.165) is 5.57 Å². The summed E-state index contributed by atoms with van der Waals surface area (Å²) in [5.74, 6) is -1.42. The Bertz CT molecular complexity index is 307. The topological polar surface area (TPSA) is 77.8 Å². The van der Waals surface area contributed by atoms with Crippen molar-refractivity contribution in [3.63, 3.8) is 0 Å². The maximum absolute atomic E-state index is 11.6. The van der Waals surface area contributed by atoms with E-state index >= 15 is 0 Å². The molecular weight excluding hydrogens is 198 g/mol. The standard InChI is InChI=1S/C10H15NO4/c1-6(2)3-9(13)11-5-7(12)4-8(11)10(14)15/h3,7-8,12H,4-5H2,1-2H3,(H,14,15)/t7-,8-/m1/s1. The number of carbonyl (C=O) groups is 2. The van der Waals surface area contributed by atoms with E-state index in [2.05, 4.69) is 0 Å². The third kappa shape index (κ3) is 2.79. The van der Waals surface area contributed by atoms with Crippen LogP contribution < -0.4 is 0 Å². The summed E-state index contributed by atoms with van der Waals surface area (Å²) < 4.78 is 0. The Morgan fingerprint density at radius 2 is 2.00 bits per heavy atom. The van der Waals surface area contributed by atoms with Crippen molar-refractivity contribution in [2.75, 3.05) is 6.54 Å². The highest BCUT2D eigenvalue weighted by atomic mass is 16.4. The predicted octanol–water partition coefficient (Wildman–Crippen LogP) is -0.00100. The van der Waals surface area contributed by atoms with Gasteiger partial charge in [-0.25, -0.2) is 4.79 Å². The SMILES string of the molecule is CC(C)=CC(=O)N1C[C@H](O)C[C@@H]1C(=O)O. The van der Waals surface area contributed by atoms with Crippen LogP contribution >= 0.6 is 0 Å². The molecule has 0 unspecified atom stereocenters. The van der Waals surface area contributed by atoms with Crippen LogP contribution in [0.15, 0.2) is 11.6 Å². The fourth-order valence-corrected chi connectivity index (χ4v) is 1.62. The van der Waals surface area contributed by atoms with E-state index in [9.17, 15) is 14.7 Å². The first-order chi connectivity index (χ1) is 6.91. The molecule has 0 aromatic rings. The molecule has 1 heterocycles. The van der Waals surface area contributed by atoms with Crippen LogP contribution in [0.1, 0.15) is 20.3 Å². The summed E-state index contributed by atoms with van der Waals surface area (Å²) in [6.45, 7) is 3.62. The average Bonchev–Trinajstić information content (AvgIpc) is 2.46. The predicted molar refractivity (Wildman–Crippen MR) is 53.2 cm³/mol. The summed E-state index contributed by atoms with van der Waals surface area (Å²) in [5.41, 5.74) is 0.811. The number of carboxylic acid groups (broad SMARTS) is 1. The molecule has 0 saturated carbocycles. The van der Waals surface area contributed by atoms with Gasteiger partial charge in [-0.2, -0.15) is 0 Å². The van der Waals surface area contributed by atoms with Crippen molar-refractivity contribution in [1.29, 1.82) is 0 Å². The van der Waals surface area contributed by atoms with Crippen LogP contribution in [0.3, 0.4) is 0 Å². The molecule has 5 heteroatoms. The van der Waals surface area contributed by atoms with Gasteiger partial charge in [0.1, 0.15) is 6.04 Å². The third-order valence-corrected chi connectivity index (χ3v) is 2.26. The van der Waals surface area contributed by atoms with Gasteiger partial charge < -0.3 is 15.1 Å². The molecule has 2 atom stereocenters. The number of carbonyl (C=O) groups excluding carboxylic acids is 1. The molecule has 5 nitrogen and oxygen atoms in total. The number of rotatable bonds is 2. The quantitative estimate of drug-likeness (QED) is 0.633. The average molecular weight is 213 g/mol. The highest BCUT2D eigenvalue weighted by Crippen LogP contribution is 2.18. The van der Waals surface area contributed by atoms with Crippen LogP contribution in [0, 0.1) is 0 Å². The minimum Gasteiger partial charge on any atom is -0.480 e. The maximum atomic E-state index is 11.6. The number of nitrogens with zero attached hydrogens (tertiary/aromatic N) is 1. The second-order valence-corrected chi connectivity index (χ2v) is 3.96. The van der Waals surface area contributed by atoms with Gasteiger partial charge in [0.25, 0.3) is 0 Å². The number of aliphatic hydroxyl groups excluding tert-OH is 1. The molecule has 1 fully saturated rings. The monoisotopic (exact) mass is 213 g/mol. The molecule has 0 spiro atoms. The smallest absolute Gasteiger partial charge is 0.326 e. The van der Waals surface area contributed by atoms with Crippen molar-refractivity contribution >= 4 is 11.9 Å². The van der Waals surface area contributed by atoms with Gasteiger partial charge in [-0.1, -0.05) is 5.57 Å². The van der Waals surface area contributed by atoms with E-state index in [1.807, 2.05) is 0 Å². The Kier molecular flexibility index (Phi) is 3.47. The highest BCUT2D eigenvalue weighted by Gasteiger charge is 2.37. The lowest BCUT2D eigenvalue weighted by Crippen LogP contribution is -2.39. The molecule has 15 heavy (non-hydrogen) atoms. The molecule has 0 radical (unpaired) electrons. The number of likely N-dealkylation sites (tertiary alicyclic amines) is 1. The zero-order valence-electron chi connectivity index (χ0n) is 8.80. The number of carboxylic acids is 1. The Morgan fingerprint density at radius 1 is 1.40 bits per heavy atom. The van der Waals surface area contributed by atoms with Gasteiger partial charge in [-0.15, -0.1) is 0 Å². The summed E-state index contributed by atoms with van der Waals surface area (Å²) >= 11 is 0. The molecule has 1 aliphatic heterocycles. The van der Waals surface area contributed by atoms with Gasteiger partial charge in [0.15, 0.2) is 0 Å². The molecule has 2 N–H and O–H groups in total. The van der Waals surface area contributed by atoms with Crippen LogP contribution in [0.5, 0.6) is 0 Å². The zero-order valence-corrected chi connectivity index (χ0v) is 8.80. The second kappa shape index (κ2) is 4.44. The summed E-state index contributed by atoms with van der Waals surface area (Å²) in [6, 6.07) is -0.900. The summed E-state index contributed by atoms with van der Waals surface area (Å²) in [6.07, 6.45) is 0.756.